The number of benzene rings is 1. The summed E-state index contributed by atoms with van der Waals surface area (Å²) in [5.74, 6) is -3.37. The minimum Gasteiger partial charge on any atom is -0.480 e. The number of carboxylic acids is 1. The third-order valence-corrected chi connectivity index (χ3v) is 2.75. The van der Waals surface area contributed by atoms with Crippen LogP contribution in [0.5, 0.6) is 0 Å². The van der Waals surface area contributed by atoms with E-state index in [9.17, 15) is 24.5 Å². The van der Waals surface area contributed by atoms with E-state index in [1.165, 1.54) is 24.3 Å². The lowest BCUT2D eigenvalue weighted by Crippen LogP contribution is -2.44. The van der Waals surface area contributed by atoms with Gasteiger partial charge in [0, 0.05) is 24.2 Å². The molecule has 1 unspecified atom stereocenters. The van der Waals surface area contributed by atoms with Crippen molar-refractivity contribution >= 4 is 29.5 Å². The second kappa shape index (κ2) is 7.10. The van der Waals surface area contributed by atoms with E-state index in [-0.39, 0.29) is 17.8 Å². The van der Waals surface area contributed by atoms with E-state index in [4.69, 9.17) is 10.8 Å². The molecule has 0 saturated carbocycles. The van der Waals surface area contributed by atoms with E-state index in [0.717, 1.165) is 0 Å². The van der Waals surface area contributed by atoms with Crippen molar-refractivity contribution in [2.75, 3.05) is 5.32 Å². The topological polar surface area (TPSA) is 153 Å². The molecule has 1 rings (SSSR count). The first-order valence-corrected chi connectivity index (χ1v) is 5.84. The minimum atomic E-state index is -1.52. The standard InChI is InChI=1S/C12H13N3O6/c13-10(12(18)19)9(5-6-16)11(17)14-7-1-3-8(4-2-7)15(20)21/h1-4,6,9-10H,5,13H2,(H,14,17)(H,18,19)/t9?,10-/m0/s1. The number of nitrogens with zero attached hydrogens (tertiary/aromatic N) is 1. The Morgan fingerprint density at radius 1 is 1.38 bits per heavy atom. The summed E-state index contributed by atoms with van der Waals surface area (Å²) in [5.41, 5.74) is 5.44. The Kier molecular flexibility index (Phi) is 5.49. The van der Waals surface area contributed by atoms with Gasteiger partial charge in [0.15, 0.2) is 0 Å². The average molecular weight is 295 g/mol. The van der Waals surface area contributed by atoms with Gasteiger partial charge in [-0.3, -0.25) is 19.7 Å². The van der Waals surface area contributed by atoms with Crippen LogP contribution in [0, 0.1) is 16.0 Å². The molecule has 0 bridgehead atoms. The van der Waals surface area contributed by atoms with Gasteiger partial charge in [-0.15, -0.1) is 0 Å². The summed E-state index contributed by atoms with van der Waals surface area (Å²) in [6.45, 7) is 0. The summed E-state index contributed by atoms with van der Waals surface area (Å²) in [6, 6.07) is 3.43. The van der Waals surface area contributed by atoms with Gasteiger partial charge in [0.2, 0.25) is 5.91 Å². The number of nitrogens with one attached hydrogen (secondary N) is 1. The maximum Gasteiger partial charge on any atom is 0.321 e. The number of carbonyl (C=O) groups is 3. The molecule has 2 atom stereocenters. The van der Waals surface area contributed by atoms with Crippen molar-refractivity contribution in [2.24, 2.45) is 11.7 Å². The van der Waals surface area contributed by atoms with Gasteiger partial charge in [0.05, 0.1) is 10.8 Å². The molecule has 112 valence electrons. The molecule has 0 heterocycles. The van der Waals surface area contributed by atoms with Crippen LogP contribution in [0.1, 0.15) is 6.42 Å². The van der Waals surface area contributed by atoms with E-state index in [1.807, 2.05) is 0 Å². The molecule has 0 aliphatic heterocycles. The first-order valence-electron chi connectivity index (χ1n) is 5.84. The number of amides is 1. The number of nitro benzene ring substituents is 1. The highest BCUT2D eigenvalue weighted by Gasteiger charge is 2.30. The van der Waals surface area contributed by atoms with Gasteiger partial charge in [-0.05, 0) is 12.1 Å². The van der Waals surface area contributed by atoms with Crippen molar-refractivity contribution in [3.8, 4) is 0 Å². The molecule has 0 aliphatic carbocycles. The zero-order valence-electron chi connectivity index (χ0n) is 10.8. The van der Waals surface area contributed by atoms with Crippen molar-refractivity contribution in [3.05, 3.63) is 34.4 Å². The predicted molar refractivity (Wildman–Crippen MR) is 71.5 cm³/mol. The second-order valence-corrected chi connectivity index (χ2v) is 4.17. The molecule has 4 N–H and O–H groups in total. The lowest BCUT2D eigenvalue weighted by atomic mass is 9.96. The van der Waals surface area contributed by atoms with Crippen LogP contribution in [0.2, 0.25) is 0 Å². The van der Waals surface area contributed by atoms with E-state index in [0.29, 0.717) is 6.29 Å². The minimum absolute atomic E-state index is 0.153. The fraction of sp³-hybridized carbons (Fsp3) is 0.250. The highest BCUT2D eigenvalue weighted by molar-refractivity contribution is 5.97. The highest BCUT2D eigenvalue weighted by Crippen LogP contribution is 2.17. The molecule has 21 heavy (non-hydrogen) atoms. The van der Waals surface area contributed by atoms with E-state index in [1.54, 1.807) is 0 Å². The molecule has 1 aromatic carbocycles. The zero-order valence-corrected chi connectivity index (χ0v) is 10.8. The number of carboxylic acid groups (broad SMARTS) is 1. The Morgan fingerprint density at radius 3 is 2.38 bits per heavy atom. The Labute approximate surface area is 118 Å². The van der Waals surface area contributed by atoms with Crippen LogP contribution in [0.4, 0.5) is 11.4 Å². The molecule has 0 spiro atoms. The van der Waals surface area contributed by atoms with Crippen LogP contribution < -0.4 is 11.1 Å². The lowest BCUT2D eigenvalue weighted by molar-refractivity contribution is -0.384. The molecular formula is C12H13N3O6. The van der Waals surface area contributed by atoms with Gasteiger partial charge >= 0.3 is 5.97 Å². The monoisotopic (exact) mass is 295 g/mol. The quantitative estimate of drug-likeness (QED) is 0.367. The molecule has 9 nitrogen and oxygen atoms in total. The number of hydrogen-bond acceptors (Lipinski definition) is 6. The number of anilines is 1. The Hall–Kier alpha value is -2.81. The summed E-state index contributed by atoms with van der Waals surface area (Å²) in [4.78, 5) is 43.1. The maximum absolute atomic E-state index is 11.9. The van der Waals surface area contributed by atoms with Crippen LogP contribution in [0.25, 0.3) is 0 Å². The van der Waals surface area contributed by atoms with Crippen LogP contribution in [-0.4, -0.2) is 34.2 Å². The fourth-order valence-electron chi connectivity index (χ4n) is 1.59. The summed E-state index contributed by atoms with van der Waals surface area (Å²) < 4.78 is 0. The average Bonchev–Trinajstić information content (AvgIpc) is 2.44. The van der Waals surface area contributed by atoms with E-state index in [2.05, 4.69) is 5.32 Å². The van der Waals surface area contributed by atoms with Crippen LogP contribution in [0.3, 0.4) is 0 Å². The van der Waals surface area contributed by atoms with Crippen molar-refractivity contribution < 1.29 is 24.4 Å². The van der Waals surface area contributed by atoms with Gasteiger partial charge < -0.3 is 21.0 Å². The molecule has 0 saturated heterocycles. The van der Waals surface area contributed by atoms with Crippen molar-refractivity contribution in [3.63, 3.8) is 0 Å². The Bertz CT molecular complexity index is 557. The van der Waals surface area contributed by atoms with Crippen molar-refractivity contribution in [1.82, 2.24) is 0 Å². The summed E-state index contributed by atoms with van der Waals surface area (Å²) >= 11 is 0. The lowest BCUT2D eigenvalue weighted by Gasteiger charge is -2.17. The largest absolute Gasteiger partial charge is 0.480 e. The third-order valence-electron chi connectivity index (χ3n) is 2.75. The van der Waals surface area contributed by atoms with Gasteiger partial charge in [-0.25, -0.2) is 0 Å². The number of carbonyl (C=O) groups excluding carboxylic acids is 2. The number of nitrogens with two attached hydrogens (primary N) is 1. The molecule has 9 heteroatoms. The van der Waals surface area contributed by atoms with Gasteiger partial charge in [-0.2, -0.15) is 0 Å². The second-order valence-electron chi connectivity index (χ2n) is 4.17. The summed E-state index contributed by atoms with van der Waals surface area (Å²) in [5, 5.41) is 21.7. The molecule has 0 fully saturated rings. The van der Waals surface area contributed by atoms with E-state index >= 15 is 0 Å². The smallest absolute Gasteiger partial charge is 0.321 e. The highest BCUT2D eigenvalue weighted by atomic mass is 16.6. The number of rotatable bonds is 7. The first kappa shape index (κ1) is 16.2. The number of nitro groups is 1. The summed E-state index contributed by atoms with van der Waals surface area (Å²) in [7, 11) is 0. The van der Waals surface area contributed by atoms with Crippen LogP contribution >= 0.6 is 0 Å². The van der Waals surface area contributed by atoms with Crippen molar-refractivity contribution in [2.45, 2.75) is 12.5 Å². The molecule has 1 amide bonds. The first-order chi connectivity index (χ1) is 9.86. The van der Waals surface area contributed by atoms with Crippen LogP contribution in [-0.2, 0) is 14.4 Å². The number of hydrogen-bond donors (Lipinski definition) is 3. The fourth-order valence-corrected chi connectivity index (χ4v) is 1.59. The van der Waals surface area contributed by atoms with Crippen LogP contribution in [0.15, 0.2) is 24.3 Å². The summed E-state index contributed by atoms with van der Waals surface area (Å²) in [6.07, 6.45) is 0.0646. The number of aldehydes is 1. The maximum atomic E-state index is 11.9. The van der Waals surface area contributed by atoms with Gasteiger partial charge in [0.1, 0.15) is 12.3 Å². The van der Waals surface area contributed by atoms with Gasteiger partial charge in [0.25, 0.3) is 5.69 Å². The molecule has 0 radical (unpaired) electrons. The van der Waals surface area contributed by atoms with E-state index < -0.39 is 28.8 Å². The number of aliphatic carboxylic acids is 1. The Balaban J connectivity index is 2.83. The molecule has 1 aromatic rings. The zero-order chi connectivity index (χ0) is 16.0. The molecule has 0 aromatic heterocycles. The number of non-ortho nitro benzene ring substituents is 1. The predicted octanol–water partition coefficient (Wildman–Crippen LogP) is 0.150. The SMILES string of the molecule is N[C@H](C(=O)O)C(CC=O)C(=O)Nc1ccc([N+](=O)[O-])cc1. The Morgan fingerprint density at radius 2 is 1.95 bits per heavy atom. The van der Waals surface area contributed by atoms with Gasteiger partial charge in [-0.1, -0.05) is 0 Å². The normalized spacial score (nSPS) is 13.0. The molecular weight excluding hydrogens is 282 g/mol. The van der Waals surface area contributed by atoms with Crippen molar-refractivity contribution in [1.29, 1.82) is 0 Å². The molecule has 0 aliphatic rings. The third kappa shape index (κ3) is 4.35.